The molecule has 1 fully saturated rings. The van der Waals surface area contributed by atoms with E-state index in [1.807, 2.05) is 66.7 Å². The highest BCUT2D eigenvalue weighted by Crippen LogP contribution is 2.38. The SMILES string of the molecule is CC1C(c2ccccc2)OC(=O)N1C(=O)C(C)(c1ccc2ccccc2c1)n1cnc([N+](=O)[O-])c1. The monoisotopic (exact) mass is 470 g/mol. The Kier molecular flexibility index (Phi) is 5.32. The van der Waals surface area contributed by atoms with Crippen LogP contribution in [0.4, 0.5) is 10.6 Å². The van der Waals surface area contributed by atoms with E-state index in [2.05, 4.69) is 4.98 Å². The maximum absolute atomic E-state index is 14.2. The lowest BCUT2D eigenvalue weighted by Crippen LogP contribution is -2.52. The van der Waals surface area contributed by atoms with Gasteiger partial charge in [-0.2, -0.15) is 0 Å². The van der Waals surface area contributed by atoms with Crippen LogP contribution >= 0.6 is 0 Å². The van der Waals surface area contributed by atoms with Crippen molar-refractivity contribution in [2.45, 2.75) is 31.5 Å². The molecule has 0 saturated carbocycles. The molecule has 3 atom stereocenters. The van der Waals surface area contributed by atoms with E-state index >= 15 is 0 Å². The van der Waals surface area contributed by atoms with Gasteiger partial charge in [0.2, 0.25) is 6.33 Å². The van der Waals surface area contributed by atoms with Crippen LogP contribution in [-0.4, -0.2) is 37.4 Å². The van der Waals surface area contributed by atoms with Crippen molar-refractivity contribution in [2.75, 3.05) is 0 Å². The molecule has 9 nitrogen and oxygen atoms in total. The van der Waals surface area contributed by atoms with Gasteiger partial charge in [-0.05, 0) is 51.7 Å². The third-order valence-electron chi connectivity index (χ3n) is 6.62. The second-order valence-electron chi connectivity index (χ2n) is 8.66. The number of fused-ring (bicyclic) bond motifs is 1. The third-order valence-corrected chi connectivity index (χ3v) is 6.62. The zero-order valence-electron chi connectivity index (χ0n) is 19.1. The summed E-state index contributed by atoms with van der Waals surface area (Å²) in [6.07, 6.45) is 1.04. The van der Waals surface area contributed by atoms with Gasteiger partial charge in [0.25, 0.3) is 5.91 Å². The molecule has 0 aliphatic carbocycles. The first kappa shape index (κ1) is 22.3. The second-order valence-corrected chi connectivity index (χ2v) is 8.66. The van der Waals surface area contributed by atoms with E-state index < -0.39 is 40.4 Å². The summed E-state index contributed by atoms with van der Waals surface area (Å²) in [5.74, 6) is -0.972. The van der Waals surface area contributed by atoms with Crippen LogP contribution in [0.1, 0.15) is 31.1 Å². The molecule has 0 N–H and O–H groups in total. The molecule has 0 spiro atoms. The van der Waals surface area contributed by atoms with Crippen LogP contribution in [0.2, 0.25) is 0 Å². The fourth-order valence-electron chi connectivity index (χ4n) is 4.58. The highest BCUT2D eigenvalue weighted by atomic mass is 16.6. The third kappa shape index (κ3) is 3.61. The summed E-state index contributed by atoms with van der Waals surface area (Å²) in [6.45, 7) is 3.37. The number of hydrogen-bond donors (Lipinski definition) is 0. The van der Waals surface area contributed by atoms with Gasteiger partial charge in [0, 0.05) is 0 Å². The van der Waals surface area contributed by atoms with Crippen LogP contribution in [0, 0.1) is 10.1 Å². The van der Waals surface area contributed by atoms with E-state index in [1.165, 1.54) is 17.1 Å². The Hall–Kier alpha value is -4.53. The molecule has 0 bridgehead atoms. The summed E-state index contributed by atoms with van der Waals surface area (Å²) in [5.41, 5.74) is -0.185. The molecule has 4 aromatic rings. The molecule has 35 heavy (non-hydrogen) atoms. The molecule has 2 heterocycles. The van der Waals surface area contributed by atoms with Crippen LogP contribution < -0.4 is 0 Å². The number of nitrogens with zero attached hydrogens (tertiary/aromatic N) is 4. The van der Waals surface area contributed by atoms with Gasteiger partial charge >= 0.3 is 11.9 Å². The van der Waals surface area contributed by atoms with Crippen LogP contribution in [0.25, 0.3) is 10.8 Å². The zero-order valence-corrected chi connectivity index (χ0v) is 19.1. The van der Waals surface area contributed by atoms with E-state index in [0.29, 0.717) is 5.56 Å². The predicted octanol–water partition coefficient (Wildman–Crippen LogP) is 4.82. The number of rotatable bonds is 5. The summed E-state index contributed by atoms with van der Waals surface area (Å²) in [7, 11) is 0. The number of hydrogen-bond acceptors (Lipinski definition) is 6. The smallest absolute Gasteiger partial charge is 0.417 e. The average molecular weight is 470 g/mol. The molecule has 9 heteroatoms. The van der Waals surface area contributed by atoms with Crippen molar-refractivity contribution < 1.29 is 19.2 Å². The van der Waals surface area contributed by atoms with E-state index in [0.717, 1.165) is 21.2 Å². The molecule has 1 aromatic heterocycles. The van der Waals surface area contributed by atoms with Crippen molar-refractivity contribution in [3.63, 3.8) is 0 Å². The number of cyclic esters (lactones) is 1. The number of imidazole rings is 1. The van der Waals surface area contributed by atoms with Crippen molar-refractivity contribution in [2.24, 2.45) is 0 Å². The first-order valence-electron chi connectivity index (χ1n) is 11.1. The van der Waals surface area contributed by atoms with Gasteiger partial charge in [-0.1, -0.05) is 66.7 Å². The molecule has 0 radical (unpaired) electrons. The van der Waals surface area contributed by atoms with Crippen molar-refractivity contribution in [1.29, 1.82) is 0 Å². The van der Waals surface area contributed by atoms with Crippen molar-refractivity contribution >= 4 is 28.6 Å². The number of ether oxygens (including phenoxy) is 1. The van der Waals surface area contributed by atoms with Gasteiger partial charge in [-0.3, -0.25) is 9.36 Å². The normalized spacial score (nSPS) is 19.4. The molecule has 5 rings (SSSR count). The number of aromatic nitrogens is 2. The zero-order chi connectivity index (χ0) is 24.7. The Balaban J connectivity index is 1.63. The molecule has 3 unspecified atom stereocenters. The van der Waals surface area contributed by atoms with Crippen molar-refractivity contribution in [3.05, 3.63) is 107 Å². The lowest BCUT2D eigenvalue weighted by molar-refractivity contribution is -0.389. The average Bonchev–Trinajstić information content (AvgIpc) is 3.48. The molecule has 1 aliphatic rings. The van der Waals surface area contributed by atoms with Gasteiger partial charge < -0.3 is 14.9 Å². The number of nitro groups is 1. The summed E-state index contributed by atoms with van der Waals surface area (Å²) in [6, 6.07) is 21.8. The van der Waals surface area contributed by atoms with Crippen LogP contribution in [0.5, 0.6) is 0 Å². The van der Waals surface area contributed by atoms with E-state index in [1.54, 1.807) is 19.9 Å². The Morgan fingerprint density at radius 3 is 2.43 bits per heavy atom. The minimum Gasteiger partial charge on any atom is -0.439 e. The van der Waals surface area contributed by atoms with Gasteiger partial charge in [0.1, 0.15) is 17.8 Å². The molecule has 3 aromatic carbocycles. The second kappa shape index (κ2) is 8.35. The van der Waals surface area contributed by atoms with Gasteiger partial charge in [-0.25, -0.2) is 9.69 Å². The Morgan fingerprint density at radius 1 is 1.06 bits per heavy atom. The molecule has 176 valence electrons. The number of benzene rings is 3. The first-order chi connectivity index (χ1) is 16.8. The van der Waals surface area contributed by atoms with E-state index in [4.69, 9.17) is 4.74 Å². The minimum absolute atomic E-state index is 0.399. The molecular weight excluding hydrogens is 448 g/mol. The van der Waals surface area contributed by atoms with E-state index in [-0.39, 0.29) is 0 Å². The lowest BCUT2D eigenvalue weighted by Gasteiger charge is -2.33. The first-order valence-corrected chi connectivity index (χ1v) is 11.1. The largest absolute Gasteiger partial charge is 0.439 e. The highest BCUT2D eigenvalue weighted by molar-refractivity contribution is 6.00. The lowest BCUT2D eigenvalue weighted by atomic mass is 9.87. The van der Waals surface area contributed by atoms with E-state index in [9.17, 15) is 19.7 Å². The highest BCUT2D eigenvalue weighted by Gasteiger charge is 2.51. The quantitative estimate of drug-likeness (QED) is 0.306. The Labute approximate surface area is 200 Å². The number of carbonyl (C=O) groups is 2. The number of carbonyl (C=O) groups excluding carboxylic acids is 2. The standard InChI is InChI=1S/C26H22N4O5/c1-17-23(19-9-4-3-5-10-19)35-25(32)29(17)24(31)26(2,28-15-22(27-16-28)30(33)34)21-13-12-18-8-6-7-11-20(18)14-21/h3-17,23H,1-2H3. The fourth-order valence-corrected chi connectivity index (χ4v) is 4.58. The number of amides is 2. The van der Waals surface area contributed by atoms with Crippen LogP contribution in [0.3, 0.4) is 0 Å². The van der Waals surface area contributed by atoms with Gasteiger partial charge in [0.15, 0.2) is 0 Å². The fraction of sp³-hybridized carbons (Fsp3) is 0.192. The molecule has 1 saturated heterocycles. The van der Waals surface area contributed by atoms with Crippen LogP contribution in [-0.2, 0) is 15.1 Å². The summed E-state index contributed by atoms with van der Waals surface area (Å²) in [4.78, 5) is 42.9. The Morgan fingerprint density at radius 2 is 1.74 bits per heavy atom. The van der Waals surface area contributed by atoms with Gasteiger partial charge in [0.05, 0.1) is 6.04 Å². The summed E-state index contributed by atoms with van der Waals surface area (Å²) < 4.78 is 6.99. The molecule has 2 amide bonds. The maximum atomic E-state index is 14.2. The maximum Gasteiger partial charge on any atom is 0.417 e. The summed E-state index contributed by atoms with van der Waals surface area (Å²) in [5, 5.41) is 13.2. The molecular formula is C26H22N4O5. The topological polar surface area (TPSA) is 108 Å². The van der Waals surface area contributed by atoms with Gasteiger partial charge in [-0.15, -0.1) is 0 Å². The Bertz CT molecular complexity index is 1450. The van der Waals surface area contributed by atoms with Crippen LogP contribution in [0.15, 0.2) is 85.3 Å². The minimum atomic E-state index is -1.51. The molecule has 1 aliphatic heterocycles. The van der Waals surface area contributed by atoms with Crippen molar-refractivity contribution in [1.82, 2.24) is 14.5 Å². The number of imide groups is 1. The summed E-state index contributed by atoms with van der Waals surface area (Å²) >= 11 is 0. The van der Waals surface area contributed by atoms with Crippen molar-refractivity contribution in [3.8, 4) is 0 Å². The predicted molar refractivity (Wildman–Crippen MR) is 128 cm³/mol.